The summed E-state index contributed by atoms with van der Waals surface area (Å²) in [6, 6.07) is -0.264. The predicted octanol–water partition coefficient (Wildman–Crippen LogP) is 2.19. The van der Waals surface area contributed by atoms with Crippen LogP contribution >= 0.6 is 0 Å². The van der Waals surface area contributed by atoms with Gasteiger partial charge in [0.15, 0.2) is 0 Å². The van der Waals surface area contributed by atoms with E-state index in [0.717, 1.165) is 0 Å². The van der Waals surface area contributed by atoms with Crippen molar-refractivity contribution in [3.63, 3.8) is 0 Å². The third kappa shape index (κ3) is 6.22. The molecule has 0 bridgehead atoms. The number of alkyl halides is 3. The van der Waals surface area contributed by atoms with Crippen LogP contribution in [0, 0.1) is 5.92 Å². The van der Waals surface area contributed by atoms with Gasteiger partial charge in [-0.25, -0.2) is 0 Å². The molecule has 1 aliphatic heterocycles. The Kier molecular flexibility index (Phi) is 6.93. The molecule has 0 aromatic rings. The van der Waals surface area contributed by atoms with Gasteiger partial charge >= 0.3 is 12.1 Å². The highest BCUT2D eigenvalue weighted by Gasteiger charge is 2.41. The van der Waals surface area contributed by atoms with Crippen LogP contribution in [0.25, 0.3) is 0 Å². The minimum atomic E-state index is -4.08. The van der Waals surface area contributed by atoms with E-state index in [2.05, 4.69) is 5.32 Å². The average molecular weight is 310 g/mol. The summed E-state index contributed by atoms with van der Waals surface area (Å²) in [5, 5.41) is 3.12. The number of esters is 1. The first-order valence-corrected chi connectivity index (χ1v) is 7.37. The lowest BCUT2D eigenvalue weighted by atomic mass is 9.96. The molecule has 1 unspecified atom stereocenters. The van der Waals surface area contributed by atoms with Gasteiger partial charge in [-0.1, -0.05) is 13.8 Å². The molecule has 0 spiro atoms. The normalized spacial score (nSPS) is 19.8. The standard InChI is InChI=1S/C14H25F3N2O2/c1-10(2)18-12(13(20)21-3)6-9-19-7-4-11(5-8-19)14(15,16)17/h10-12,18H,4-9H2,1-3H3. The van der Waals surface area contributed by atoms with Crippen LogP contribution in [-0.2, 0) is 9.53 Å². The number of carbonyl (C=O) groups excluding carboxylic acids is 1. The molecule has 0 amide bonds. The van der Waals surface area contributed by atoms with E-state index in [1.807, 2.05) is 18.7 Å². The van der Waals surface area contributed by atoms with Crippen molar-refractivity contribution in [1.29, 1.82) is 0 Å². The molecule has 0 radical (unpaired) electrons. The van der Waals surface area contributed by atoms with Gasteiger partial charge in [-0.15, -0.1) is 0 Å². The SMILES string of the molecule is COC(=O)C(CCN1CCC(C(F)(F)F)CC1)NC(C)C. The monoisotopic (exact) mass is 310 g/mol. The number of piperidine rings is 1. The Morgan fingerprint density at radius 1 is 1.33 bits per heavy atom. The van der Waals surface area contributed by atoms with E-state index in [9.17, 15) is 18.0 Å². The van der Waals surface area contributed by atoms with Crippen LogP contribution < -0.4 is 5.32 Å². The predicted molar refractivity (Wildman–Crippen MR) is 73.9 cm³/mol. The second kappa shape index (κ2) is 7.98. The summed E-state index contributed by atoms with van der Waals surface area (Å²) < 4.78 is 42.5. The third-order valence-electron chi connectivity index (χ3n) is 3.80. The molecule has 1 atom stereocenters. The van der Waals surface area contributed by atoms with Crippen molar-refractivity contribution in [3.05, 3.63) is 0 Å². The number of likely N-dealkylation sites (tertiary alicyclic amines) is 1. The minimum Gasteiger partial charge on any atom is -0.468 e. The quantitative estimate of drug-likeness (QED) is 0.764. The molecule has 1 aliphatic rings. The van der Waals surface area contributed by atoms with Crippen LogP contribution in [0.4, 0.5) is 13.2 Å². The Morgan fingerprint density at radius 3 is 2.33 bits per heavy atom. The third-order valence-corrected chi connectivity index (χ3v) is 3.80. The summed E-state index contributed by atoms with van der Waals surface area (Å²) in [5.41, 5.74) is 0. The summed E-state index contributed by atoms with van der Waals surface area (Å²) >= 11 is 0. The van der Waals surface area contributed by atoms with E-state index in [1.54, 1.807) is 0 Å². The first kappa shape index (κ1) is 18.2. The lowest BCUT2D eigenvalue weighted by Gasteiger charge is -2.33. The lowest BCUT2D eigenvalue weighted by molar-refractivity contribution is -0.185. The molecule has 4 nitrogen and oxygen atoms in total. The molecular weight excluding hydrogens is 285 g/mol. The molecule has 0 saturated carbocycles. The summed E-state index contributed by atoms with van der Waals surface area (Å²) in [4.78, 5) is 13.6. The molecule has 1 N–H and O–H groups in total. The van der Waals surface area contributed by atoms with Crippen molar-refractivity contribution in [1.82, 2.24) is 10.2 Å². The molecule has 0 aromatic carbocycles. The number of halogens is 3. The molecule has 21 heavy (non-hydrogen) atoms. The molecule has 1 fully saturated rings. The van der Waals surface area contributed by atoms with Crippen molar-refractivity contribution >= 4 is 5.97 Å². The smallest absolute Gasteiger partial charge is 0.391 e. The molecule has 1 heterocycles. The highest BCUT2D eigenvalue weighted by molar-refractivity contribution is 5.75. The van der Waals surface area contributed by atoms with Crippen LogP contribution in [0.3, 0.4) is 0 Å². The van der Waals surface area contributed by atoms with E-state index >= 15 is 0 Å². The Labute approximate surface area is 124 Å². The molecule has 1 saturated heterocycles. The maximum Gasteiger partial charge on any atom is 0.391 e. The average Bonchev–Trinajstić information content (AvgIpc) is 2.41. The van der Waals surface area contributed by atoms with E-state index in [-0.39, 0.29) is 24.9 Å². The number of nitrogens with one attached hydrogen (secondary N) is 1. The van der Waals surface area contributed by atoms with Crippen LogP contribution in [0.5, 0.6) is 0 Å². The molecular formula is C14H25F3N2O2. The number of methoxy groups -OCH3 is 1. The molecule has 0 aromatic heterocycles. The zero-order chi connectivity index (χ0) is 16.0. The van der Waals surface area contributed by atoms with Gasteiger partial charge in [0.1, 0.15) is 6.04 Å². The van der Waals surface area contributed by atoms with Crippen molar-refractivity contribution in [2.45, 2.75) is 51.4 Å². The lowest BCUT2D eigenvalue weighted by Crippen LogP contribution is -2.45. The number of hydrogen-bond donors (Lipinski definition) is 1. The molecule has 7 heteroatoms. The summed E-state index contributed by atoms with van der Waals surface area (Å²) in [7, 11) is 1.34. The van der Waals surface area contributed by atoms with Gasteiger partial charge in [0.25, 0.3) is 0 Å². The van der Waals surface area contributed by atoms with Crippen molar-refractivity contribution in [2.75, 3.05) is 26.7 Å². The Balaban J connectivity index is 2.39. The number of hydrogen-bond acceptors (Lipinski definition) is 4. The zero-order valence-electron chi connectivity index (χ0n) is 12.9. The van der Waals surface area contributed by atoms with E-state index in [4.69, 9.17) is 4.74 Å². The Morgan fingerprint density at radius 2 is 1.90 bits per heavy atom. The highest BCUT2D eigenvalue weighted by atomic mass is 19.4. The zero-order valence-corrected chi connectivity index (χ0v) is 12.9. The van der Waals surface area contributed by atoms with E-state index < -0.39 is 18.1 Å². The van der Waals surface area contributed by atoms with Gasteiger partial charge in [-0.05, 0) is 32.4 Å². The van der Waals surface area contributed by atoms with Crippen LogP contribution in [0.15, 0.2) is 0 Å². The van der Waals surface area contributed by atoms with Gasteiger partial charge in [-0.3, -0.25) is 4.79 Å². The van der Waals surface area contributed by atoms with E-state index in [0.29, 0.717) is 26.1 Å². The maximum absolute atomic E-state index is 12.6. The second-order valence-corrected chi connectivity index (χ2v) is 5.84. The summed E-state index contributed by atoms with van der Waals surface area (Å²) in [6.07, 6.45) is -3.25. The Hall–Kier alpha value is -0.820. The minimum absolute atomic E-state index is 0.143. The number of nitrogens with zero attached hydrogens (tertiary/aromatic N) is 1. The maximum atomic E-state index is 12.6. The van der Waals surface area contributed by atoms with Gasteiger partial charge < -0.3 is 15.0 Å². The van der Waals surface area contributed by atoms with Crippen LogP contribution in [0.2, 0.25) is 0 Å². The first-order valence-electron chi connectivity index (χ1n) is 7.37. The first-order chi connectivity index (χ1) is 9.74. The van der Waals surface area contributed by atoms with Gasteiger partial charge in [0.05, 0.1) is 13.0 Å². The number of carbonyl (C=O) groups is 1. The van der Waals surface area contributed by atoms with Gasteiger partial charge in [-0.2, -0.15) is 13.2 Å². The molecule has 0 aliphatic carbocycles. The topological polar surface area (TPSA) is 41.6 Å². The number of rotatable bonds is 6. The van der Waals surface area contributed by atoms with Crippen LogP contribution in [0.1, 0.15) is 33.1 Å². The van der Waals surface area contributed by atoms with Gasteiger partial charge in [0, 0.05) is 12.6 Å². The fourth-order valence-corrected chi connectivity index (χ4v) is 2.61. The van der Waals surface area contributed by atoms with Crippen LogP contribution in [-0.4, -0.2) is 55.9 Å². The number of ether oxygens (including phenoxy) is 1. The second-order valence-electron chi connectivity index (χ2n) is 5.84. The highest BCUT2D eigenvalue weighted by Crippen LogP contribution is 2.34. The van der Waals surface area contributed by atoms with Crippen molar-refractivity contribution in [3.8, 4) is 0 Å². The largest absolute Gasteiger partial charge is 0.468 e. The fraction of sp³-hybridized carbons (Fsp3) is 0.929. The van der Waals surface area contributed by atoms with Crippen molar-refractivity contribution < 1.29 is 22.7 Å². The fourth-order valence-electron chi connectivity index (χ4n) is 2.61. The van der Waals surface area contributed by atoms with Gasteiger partial charge in [0.2, 0.25) is 0 Å². The van der Waals surface area contributed by atoms with Crippen molar-refractivity contribution in [2.24, 2.45) is 5.92 Å². The molecule has 1 rings (SSSR count). The summed E-state index contributed by atoms with van der Waals surface area (Å²) in [5.74, 6) is -1.51. The molecule has 124 valence electrons. The van der Waals surface area contributed by atoms with E-state index in [1.165, 1.54) is 7.11 Å². The Bertz CT molecular complexity index is 327. The summed E-state index contributed by atoms with van der Waals surface area (Å²) in [6.45, 7) is 5.33.